The van der Waals surface area contributed by atoms with Crippen molar-refractivity contribution in [1.29, 1.82) is 0 Å². The van der Waals surface area contributed by atoms with E-state index in [1.54, 1.807) is 7.11 Å². The van der Waals surface area contributed by atoms with Gasteiger partial charge < -0.3 is 15.8 Å². The van der Waals surface area contributed by atoms with Crippen LogP contribution in [0.25, 0.3) is 10.9 Å². The summed E-state index contributed by atoms with van der Waals surface area (Å²) >= 11 is 3.47. The van der Waals surface area contributed by atoms with Crippen LogP contribution in [0.15, 0.2) is 47.2 Å². The van der Waals surface area contributed by atoms with Crippen LogP contribution in [0.1, 0.15) is 0 Å². The van der Waals surface area contributed by atoms with Crippen molar-refractivity contribution in [3.05, 3.63) is 47.2 Å². The third kappa shape index (κ3) is 2.75. The maximum atomic E-state index is 5.78. The van der Waals surface area contributed by atoms with Gasteiger partial charge in [0.1, 0.15) is 17.9 Å². The highest BCUT2D eigenvalue weighted by atomic mass is 79.9. The van der Waals surface area contributed by atoms with E-state index in [1.165, 1.54) is 6.33 Å². The van der Waals surface area contributed by atoms with E-state index in [0.717, 1.165) is 32.6 Å². The van der Waals surface area contributed by atoms with Crippen molar-refractivity contribution in [1.82, 2.24) is 9.97 Å². The van der Waals surface area contributed by atoms with Gasteiger partial charge in [0.2, 0.25) is 0 Å². The number of ether oxygens (including phenoxy) is 1. The van der Waals surface area contributed by atoms with Crippen LogP contribution >= 0.6 is 15.9 Å². The van der Waals surface area contributed by atoms with Crippen LogP contribution < -0.4 is 15.8 Å². The van der Waals surface area contributed by atoms with Gasteiger partial charge in [-0.15, -0.1) is 0 Å². The van der Waals surface area contributed by atoms with Gasteiger partial charge in [0.05, 0.1) is 17.1 Å². The van der Waals surface area contributed by atoms with Gasteiger partial charge in [-0.2, -0.15) is 0 Å². The summed E-state index contributed by atoms with van der Waals surface area (Å²) in [6, 6.07) is 11.3. The average Bonchev–Trinajstić information content (AvgIpc) is 2.47. The highest BCUT2D eigenvalue weighted by molar-refractivity contribution is 9.10. The second-order valence-electron chi connectivity index (χ2n) is 4.47. The van der Waals surface area contributed by atoms with Crippen LogP contribution in [0.3, 0.4) is 0 Å². The highest BCUT2D eigenvalue weighted by Crippen LogP contribution is 2.30. The van der Waals surface area contributed by atoms with E-state index in [0.29, 0.717) is 5.69 Å². The molecule has 0 aliphatic rings. The number of rotatable bonds is 3. The summed E-state index contributed by atoms with van der Waals surface area (Å²) in [5.41, 5.74) is 8.17. The Bertz CT molecular complexity index is 807. The Kier molecular flexibility index (Phi) is 3.62. The SMILES string of the molecule is COc1ccc(Nc2ncnc3cc(N)ccc23)cc1Br. The van der Waals surface area contributed by atoms with E-state index in [9.17, 15) is 0 Å². The lowest BCUT2D eigenvalue weighted by molar-refractivity contribution is 0.412. The monoisotopic (exact) mass is 344 g/mol. The molecular formula is C15H13BrN4O. The number of fused-ring (bicyclic) bond motifs is 1. The third-order valence-corrected chi connectivity index (χ3v) is 3.69. The molecule has 1 aromatic heterocycles. The maximum Gasteiger partial charge on any atom is 0.141 e. The molecule has 0 unspecified atom stereocenters. The van der Waals surface area contributed by atoms with Crippen molar-refractivity contribution >= 4 is 44.0 Å². The second kappa shape index (κ2) is 5.57. The molecule has 21 heavy (non-hydrogen) atoms. The minimum atomic E-state index is 0.680. The van der Waals surface area contributed by atoms with Crippen molar-refractivity contribution in [3.8, 4) is 5.75 Å². The number of benzene rings is 2. The average molecular weight is 345 g/mol. The van der Waals surface area contributed by atoms with Crippen molar-refractivity contribution < 1.29 is 4.74 Å². The maximum absolute atomic E-state index is 5.78. The first kappa shape index (κ1) is 13.6. The molecule has 0 atom stereocenters. The molecule has 5 nitrogen and oxygen atoms in total. The summed E-state index contributed by atoms with van der Waals surface area (Å²) in [5.74, 6) is 1.51. The Morgan fingerprint density at radius 2 is 2.00 bits per heavy atom. The van der Waals surface area contributed by atoms with Crippen molar-refractivity contribution in [2.24, 2.45) is 0 Å². The molecule has 3 aromatic rings. The van der Waals surface area contributed by atoms with Crippen LogP contribution in [0, 0.1) is 0 Å². The number of aromatic nitrogens is 2. The van der Waals surface area contributed by atoms with Crippen molar-refractivity contribution in [2.45, 2.75) is 0 Å². The largest absolute Gasteiger partial charge is 0.496 e. The van der Waals surface area contributed by atoms with Crippen molar-refractivity contribution in [3.63, 3.8) is 0 Å². The van der Waals surface area contributed by atoms with Crippen LogP contribution in [0.4, 0.5) is 17.2 Å². The van der Waals surface area contributed by atoms with Gasteiger partial charge in [-0.25, -0.2) is 9.97 Å². The summed E-state index contributed by atoms with van der Waals surface area (Å²) in [5, 5.41) is 4.20. The van der Waals surface area contributed by atoms with E-state index >= 15 is 0 Å². The fourth-order valence-corrected chi connectivity index (χ4v) is 2.60. The molecule has 6 heteroatoms. The van der Waals surface area contributed by atoms with E-state index < -0.39 is 0 Å². The minimum absolute atomic E-state index is 0.680. The molecule has 0 saturated heterocycles. The summed E-state index contributed by atoms with van der Waals surface area (Å²) in [4.78, 5) is 8.52. The zero-order chi connectivity index (χ0) is 14.8. The summed E-state index contributed by atoms with van der Waals surface area (Å²) in [6.45, 7) is 0. The molecular weight excluding hydrogens is 332 g/mol. The van der Waals surface area contributed by atoms with E-state index in [1.807, 2.05) is 36.4 Å². The molecule has 0 saturated carbocycles. The van der Waals surface area contributed by atoms with Gasteiger partial charge in [0, 0.05) is 16.8 Å². The number of anilines is 3. The molecule has 3 rings (SSSR count). The fraction of sp³-hybridized carbons (Fsp3) is 0.0667. The number of nitrogens with one attached hydrogen (secondary N) is 1. The quantitative estimate of drug-likeness (QED) is 0.708. The van der Waals surface area contributed by atoms with Gasteiger partial charge in [-0.05, 0) is 52.3 Å². The van der Waals surface area contributed by atoms with Gasteiger partial charge in [-0.3, -0.25) is 0 Å². The van der Waals surface area contributed by atoms with Gasteiger partial charge in [0.25, 0.3) is 0 Å². The van der Waals surface area contributed by atoms with Crippen LogP contribution in [0.2, 0.25) is 0 Å². The number of nitrogen functional groups attached to an aromatic ring is 1. The molecule has 0 fully saturated rings. The van der Waals surface area contributed by atoms with Crippen LogP contribution in [-0.4, -0.2) is 17.1 Å². The number of methoxy groups -OCH3 is 1. The Balaban J connectivity index is 2.00. The molecule has 0 bridgehead atoms. The van der Waals surface area contributed by atoms with E-state index in [-0.39, 0.29) is 0 Å². The third-order valence-electron chi connectivity index (χ3n) is 3.08. The molecule has 0 aliphatic carbocycles. The normalized spacial score (nSPS) is 10.6. The molecule has 0 aliphatic heterocycles. The smallest absolute Gasteiger partial charge is 0.141 e. The molecule has 0 spiro atoms. The lowest BCUT2D eigenvalue weighted by Crippen LogP contribution is -1.97. The van der Waals surface area contributed by atoms with Gasteiger partial charge in [-0.1, -0.05) is 0 Å². The van der Waals surface area contributed by atoms with E-state index in [4.69, 9.17) is 10.5 Å². The Morgan fingerprint density at radius 1 is 1.14 bits per heavy atom. The molecule has 0 radical (unpaired) electrons. The molecule has 3 N–H and O–H groups in total. The second-order valence-corrected chi connectivity index (χ2v) is 5.33. The van der Waals surface area contributed by atoms with Gasteiger partial charge >= 0.3 is 0 Å². The summed E-state index contributed by atoms with van der Waals surface area (Å²) in [7, 11) is 1.63. The summed E-state index contributed by atoms with van der Waals surface area (Å²) < 4.78 is 6.09. The number of hydrogen-bond acceptors (Lipinski definition) is 5. The van der Waals surface area contributed by atoms with Crippen molar-refractivity contribution in [2.75, 3.05) is 18.2 Å². The Labute approximate surface area is 130 Å². The molecule has 0 amide bonds. The summed E-state index contributed by atoms with van der Waals surface area (Å²) in [6.07, 6.45) is 1.52. The lowest BCUT2D eigenvalue weighted by Gasteiger charge is -2.10. The van der Waals surface area contributed by atoms with Crippen LogP contribution in [-0.2, 0) is 0 Å². The highest BCUT2D eigenvalue weighted by Gasteiger charge is 2.06. The Morgan fingerprint density at radius 3 is 2.76 bits per heavy atom. The van der Waals surface area contributed by atoms with Gasteiger partial charge in [0.15, 0.2) is 0 Å². The number of nitrogens with zero attached hydrogens (tertiary/aromatic N) is 2. The predicted octanol–water partition coefficient (Wildman–Crippen LogP) is 3.73. The lowest BCUT2D eigenvalue weighted by atomic mass is 10.2. The minimum Gasteiger partial charge on any atom is -0.496 e. The first-order valence-electron chi connectivity index (χ1n) is 6.28. The number of halogens is 1. The predicted molar refractivity (Wildman–Crippen MR) is 87.9 cm³/mol. The molecule has 106 valence electrons. The van der Waals surface area contributed by atoms with Crippen LogP contribution in [0.5, 0.6) is 5.75 Å². The topological polar surface area (TPSA) is 73.1 Å². The molecule has 1 heterocycles. The standard InChI is InChI=1S/C15H13BrN4O/c1-21-14-5-3-10(7-12(14)16)20-15-11-4-2-9(17)6-13(11)18-8-19-15/h2-8H,17H2,1H3,(H,18,19,20). The number of hydrogen-bond donors (Lipinski definition) is 2. The first-order chi connectivity index (χ1) is 10.2. The fourth-order valence-electron chi connectivity index (χ4n) is 2.05. The zero-order valence-corrected chi connectivity index (χ0v) is 12.9. The number of nitrogens with two attached hydrogens (primary N) is 1. The molecule has 2 aromatic carbocycles. The zero-order valence-electron chi connectivity index (χ0n) is 11.3. The Hall–Kier alpha value is -2.34. The first-order valence-corrected chi connectivity index (χ1v) is 7.07. The van der Waals surface area contributed by atoms with E-state index in [2.05, 4.69) is 31.2 Å².